The fraction of sp³-hybridized carbons (Fsp3) is 0.579. The summed E-state index contributed by atoms with van der Waals surface area (Å²) in [4.78, 5) is 7.20. The number of hydrogen-bond acceptors (Lipinski definition) is 6. The van der Waals surface area contributed by atoms with Crippen LogP contribution in [-0.4, -0.2) is 53.1 Å². The third-order valence-corrected chi connectivity index (χ3v) is 4.83. The molecule has 140 valence electrons. The lowest BCUT2D eigenvalue weighted by Gasteiger charge is -2.21. The van der Waals surface area contributed by atoms with Gasteiger partial charge in [-0.25, -0.2) is 9.67 Å². The summed E-state index contributed by atoms with van der Waals surface area (Å²) in [5, 5.41) is 4.67. The molecular weight excluding hydrogens is 332 g/mol. The van der Waals surface area contributed by atoms with Crippen molar-refractivity contribution in [1.29, 1.82) is 0 Å². The topological polar surface area (TPSA) is 61.6 Å². The standard InChI is InChI=1S/C19H26N4O3/c1-24-14-18-20-19(13-22-8-4-2-3-5-9-22)23(21-18)15-6-7-16-17(12-15)26-11-10-25-16/h6-7,12H,2-5,8-11,13-14H2,1H3. The van der Waals surface area contributed by atoms with Crippen molar-refractivity contribution in [3.63, 3.8) is 0 Å². The highest BCUT2D eigenvalue weighted by atomic mass is 16.6. The Morgan fingerprint density at radius 3 is 2.58 bits per heavy atom. The van der Waals surface area contributed by atoms with E-state index in [4.69, 9.17) is 19.2 Å². The highest BCUT2D eigenvalue weighted by Crippen LogP contribution is 2.32. The van der Waals surface area contributed by atoms with Gasteiger partial charge in [0.15, 0.2) is 17.3 Å². The van der Waals surface area contributed by atoms with Gasteiger partial charge in [-0.2, -0.15) is 0 Å². The van der Waals surface area contributed by atoms with Crippen LogP contribution in [-0.2, 0) is 17.9 Å². The van der Waals surface area contributed by atoms with Crippen LogP contribution in [0.25, 0.3) is 5.69 Å². The largest absolute Gasteiger partial charge is 0.486 e. The average Bonchev–Trinajstić information content (AvgIpc) is 2.88. The second-order valence-electron chi connectivity index (χ2n) is 6.81. The number of rotatable bonds is 5. The number of likely N-dealkylation sites (tertiary alicyclic amines) is 1. The van der Waals surface area contributed by atoms with E-state index in [2.05, 4.69) is 10.00 Å². The van der Waals surface area contributed by atoms with Gasteiger partial charge in [0.05, 0.1) is 12.2 Å². The molecule has 0 amide bonds. The lowest BCUT2D eigenvalue weighted by molar-refractivity contribution is 0.171. The van der Waals surface area contributed by atoms with Gasteiger partial charge in [-0.15, -0.1) is 5.10 Å². The molecule has 26 heavy (non-hydrogen) atoms. The molecule has 0 atom stereocenters. The highest BCUT2D eigenvalue weighted by molar-refractivity contribution is 5.49. The SMILES string of the molecule is COCc1nc(CN2CCCCCC2)n(-c2ccc3c(c2)OCCO3)n1. The zero-order valence-electron chi connectivity index (χ0n) is 15.3. The summed E-state index contributed by atoms with van der Waals surface area (Å²) < 4.78 is 18.5. The van der Waals surface area contributed by atoms with E-state index in [9.17, 15) is 0 Å². The molecule has 0 N–H and O–H groups in total. The summed E-state index contributed by atoms with van der Waals surface area (Å²) in [5.41, 5.74) is 0.939. The first-order valence-electron chi connectivity index (χ1n) is 9.39. The summed E-state index contributed by atoms with van der Waals surface area (Å²) >= 11 is 0. The third kappa shape index (κ3) is 3.83. The summed E-state index contributed by atoms with van der Waals surface area (Å²) in [6, 6.07) is 5.92. The quantitative estimate of drug-likeness (QED) is 0.819. The number of fused-ring (bicyclic) bond motifs is 1. The first-order chi connectivity index (χ1) is 12.8. The van der Waals surface area contributed by atoms with Crippen LogP contribution in [0.1, 0.15) is 37.3 Å². The van der Waals surface area contributed by atoms with Gasteiger partial charge < -0.3 is 14.2 Å². The van der Waals surface area contributed by atoms with Crippen LogP contribution in [0.5, 0.6) is 11.5 Å². The lowest BCUT2D eigenvalue weighted by Crippen LogP contribution is -2.26. The van der Waals surface area contributed by atoms with Crippen molar-refractivity contribution < 1.29 is 14.2 Å². The number of ether oxygens (including phenoxy) is 3. The molecule has 0 unspecified atom stereocenters. The van der Waals surface area contributed by atoms with Crippen molar-refractivity contribution in [1.82, 2.24) is 19.7 Å². The molecule has 1 saturated heterocycles. The van der Waals surface area contributed by atoms with Crippen molar-refractivity contribution in [3.05, 3.63) is 29.8 Å². The first kappa shape index (κ1) is 17.3. The molecule has 0 radical (unpaired) electrons. The predicted octanol–water partition coefficient (Wildman–Crippen LogP) is 2.56. The normalized spacial score (nSPS) is 17.9. The second kappa shape index (κ2) is 8.05. The maximum Gasteiger partial charge on any atom is 0.177 e. The summed E-state index contributed by atoms with van der Waals surface area (Å²) in [6.45, 7) is 4.61. The fourth-order valence-electron chi connectivity index (χ4n) is 3.55. The van der Waals surface area contributed by atoms with Gasteiger partial charge in [-0.1, -0.05) is 12.8 Å². The Labute approximate surface area is 153 Å². The van der Waals surface area contributed by atoms with Gasteiger partial charge in [0, 0.05) is 13.2 Å². The predicted molar refractivity (Wildman–Crippen MR) is 96.8 cm³/mol. The Hall–Kier alpha value is -2.12. The molecule has 1 fully saturated rings. The van der Waals surface area contributed by atoms with Crippen LogP contribution >= 0.6 is 0 Å². The van der Waals surface area contributed by atoms with Crippen LogP contribution in [0.4, 0.5) is 0 Å². The first-order valence-corrected chi connectivity index (χ1v) is 9.39. The molecule has 2 aliphatic rings. The molecule has 7 heteroatoms. The molecular formula is C19H26N4O3. The van der Waals surface area contributed by atoms with Crippen LogP contribution in [0.3, 0.4) is 0 Å². The van der Waals surface area contributed by atoms with E-state index in [1.54, 1.807) is 7.11 Å². The van der Waals surface area contributed by atoms with Gasteiger partial charge in [0.25, 0.3) is 0 Å². The zero-order chi connectivity index (χ0) is 17.8. The Kier molecular flexibility index (Phi) is 5.36. The average molecular weight is 358 g/mol. The maximum absolute atomic E-state index is 5.72. The highest BCUT2D eigenvalue weighted by Gasteiger charge is 2.19. The van der Waals surface area contributed by atoms with Crippen molar-refractivity contribution in [3.8, 4) is 17.2 Å². The molecule has 0 spiro atoms. The van der Waals surface area contributed by atoms with E-state index in [0.717, 1.165) is 42.6 Å². The monoisotopic (exact) mass is 358 g/mol. The molecule has 1 aromatic carbocycles. The Morgan fingerprint density at radius 1 is 1.04 bits per heavy atom. The molecule has 2 aromatic rings. The number of methoxy groups -OCH3 is 1. The number of benzene rings is 1. The summed E-state index contributed by atoms with van der Waals surface area (Å²) in [6.07, 6.45) is 5.15. The van der Waals surface area contributed by atoms with E-state index in [0.29, 0.717) is 25.6 Å². The number of aromatic nitrogens is 3. The molecule has 0 saturated carbocycles. The summed E-state index contributed by atoms with van der Waals surface area (Å²) in [5.74, 6) is 3.19. The van der Waals surface area contributed by atoms with Crippen LogP contribution in [0.2, 0.25) is 0 Å². The smallest absolute Gasteiger partial charge is 0.177 e. The molecule has 1 aromatic heterocycles. The van der Waals surface area contributed by atoms with E-state index in [-0.39, 0.29) is 0 Å². The van der Waals surface area contributed by atoms with E-state index < -0.39 is 0 Å². The minimum atomic E-state index is 0.407. The van der Waals surface area contributed by atoms with Crippen LogP contribution in [0.15, 0.2) is 18.2 Å². The minimum Gasteiger partial charge on any atom is -0.486 e. The Balaban J connectivity index is 1.63. The van der Waals surface area contributed by atoms with Crippen LogP contribution < -0.4 is 9.47 Å². The number of nitrogens with zero attached hydrogens (tertiary/aromatic N) is 4. The van der Waals surface area contributed by atoms with Gasteiger partial charge in [-0.05, 0) is 38.1 Å². The Morgan fingerprint density at radius 2 is 1.81 bits per heavy atom. The second-order valence-corrected chi connectivity index (χ2v) is 6.81. The number of hydrogen-bond donors (Lipinski definition) is 0. The van der Waals surface area contributed by atoms with Crippen molar-refractivity contribution in [2.75, 3.05) is 33.4 Å². The Bertz CT molecular complexity index is 738. The molecule has 4 rings (SSSR count). The van der Waals surface area contributed by atoms with Crippen LogP contribution in [0, 0.1) is 0 Å². The van der Waals surface area contributed by atoms with Crippen molar-refractivity contribution in [2.24, 2.45) is 0 Å². The van der Waals surface area contributed by atoms with Gasteiger partial charge >= 0.3 is 0 Å². The minimum absolute atomic E-state index is 0.407. The van der Waals surface area contributed by atoms with Crippen molar-refractivity contribution >= 4 is 0 Å². The van der Waals surface area contributed by atoms with Gasteiger partial charge in [0.2, 0.25) is 0 Å². The molecule has 0 aliphatic carbocycles. The molecule has 3 heterocycles. The lowest BCUT2D eigenvalue weighted by atomic mass is 10.2. The van der Waals surface area contributed by atoms with E-state index >= 15 is 0 Å². The zero-order valence-corrected chi connectivity index (χ0v) is 15.3. The molecule has 7 nitrogen and oxygen atoms in total. The van der Waals surface area contributed by atoms with Crippen molar-refractivity contribution in [2.45, 2.75) is 38.8 Å². The molecule has 0 bridgehead atoms. The maximum atomic E-state index is 5.72. The van der Waals surface area contributed by atoms with Gasteiger partial charge in [-0.3, -0.25) is 4.90 Å². The molecule has 2 aliphatic heterocycles. The van der Waals surface area contributed by atoms with Gasteiger partial charge in [0.1, 0.15) is 25.6 Å². The summed E-state index contributed by atoms with van der Waals surface area (Å²) in [7, 11) is 1.67. The fourth-order valence-corrected chi connectivity index (χ4v) is 3.55. The van der Waals surface area contributed by atoms with E-state index in [1.165, 1.54) is 25.7 Å². The third-order valence-electron chi connectivity index (χ3n) is 4.83. The van der Waals surface area contributed by atoms with E-state index in [1.807, 2.05) is 22.9 Å².